The lowest BCUT2D eigenvalue weighted by Crippen LogP contribution is -2.43. The molecule has 3 aromatic rings. The highest BCUT2D eigenvalue weighted by Crippen LogP contribution is 2.55. The predicted molar refractivity (Wildman–Crippen MR) is 140 cm³/mol. The summed E-state index contributed by atoms with van der Waals surface area (Å²) in [5.74, 6) is -0.383. The number of anilines is 1. The Morgan fingerprint density at radius 1 is 1.24 bits per heavy atom. The summed E-state index contributed by atoms with van der Waals surface area (Å²) < 4.78 is 8.98. The molecule has 0 unspecified atom stereocenters. The van der Waals surface area contributed by atoms with Crippen molar-refractivity contribution in [3.63, 3.8) is 0 Å². The third-order valence-electron chi connectivity index (χ3n) is 7.16. The Bertz CT molecular complexity index is 1350. The maximum absolute atomic E-state index is 12.5. The lowest BCUT2D eigenvalue weighted by Gasteiger charge is -2.45. The van der Waals surface area contributed by atoms with Crippen LogP contribution in [0, 0.1) is 5.41 Å². The van der Waals surface area contributed by atoms with Crippen LogP contribution in [-0.4, -0.2) is 55.2 Å². The average Bonchev–Trinajstić information content (AvgIpc) is 3.50. The van der Waals surface area contributed by atoms with E-state index >= 15 is 0 Å². The molecule has 2 fully saturated rings. The number of ether oxygens (including phenoxy) is 1. The number of carbonyl (C=O) groups is 2. The van der Waals surface area contributed by atoms with Crippen molar-refractivity contribution in [1.82, 2.24) is 24.5 Å². The minimum absolute atomic E-state index is 0.00679. The summed E-state index contributed by atoms with van der Waals surface area (Å²) in [6.07, 6.45) is 5.68. The molecule has 11 heteroatoms. The van der Waals surface area contributed by atoms with Gasteiger partial charge in [-0.25, -0.2) is 9.48 Å². The highest BCUT2D eigenvalue weighted by molar-refractivity contribution is 6.31. The van der Waals surface area contributed by atoms with E-state index in [2.05, 4.69) is 5.10 Å². The maximum atomic E-state index is 12.5. The quantitative estimate of drug-likeness (QED) is 0.515. The van der Waals surface area contributed by atoms with Gasteiger partial charge in [-0.05, 0) is 57.1 Å². The smallest absolute Gasteiger partial charge is 0.410 e. The Hall–Kier alpha value is -3.53. The monoisotopic (exact) mass is 525 g/mol. The van der Waals surface area contributed by atoms with Gasteiger partial charge >= 0.3 is 6.09 Å². The molecule has 196 valence electrons. The van der Waals surface area contributed by atoms with Crippen LogP contribution >= 0.6 is 11.6 Å². The number of aromatic nitrogens is 4. The van der Waals surface area contributed by atoms with Crippen LogP contribution in [0.2, 0.25) is 5.02 Å². The number of carbonyl (C=O) groups excluding carboxylic acids is 2. The molecule has 1 aliphatic heterocycles. The van der Waals surface area contributed by atoms with Crippen LogP contribution in [0.1, 0.15) is 62.0 Å². The number of nitrogens with two attached hydrogens (primary N) is 2. The van der Waals surface area contributed by atoms with E-state index in [-0.39, 0.29) is 28.9 Å². The SMILES string of the molecule is CC(C)(C)OC(=O)N1CCC2(CC(n3nc(-c4cnn(Cc5ccccc5Cl)c4)c(C(N)=O)c3N)C2)C1. The molecule has 0 radical (unpaired) electrons. The molecule has 3 heterocycles. The zero-order valence-corrected chi connectivity index (χ0v) is 22.0. The molecule has 1 aliphatic carbocycles. The van der Waals surface area contributed by atoms with Gasteiger partial charge in [0, 0.05) is 29.9 Å². The minimum Gasteiger partial charge on any atom is -0.444 e. The first-order valence-electron chi connectivity index (χ1n) is 12.4. The lowest BCUT2D eigenvalue weighted by molar-refractivity contribution is 0.0187. The number of hydrogen-bond acceptors (Lipinski definition) is 6. The van der Waals surface area contributed by atoms with Crippen LogP contribution in [0.15, 0.2) is 36.7 Å². The summed E-state index contributed by atoms with van der Waals surface area (Å²) in [6.45, 7) is 7.38. The zero-order valence-electron chi connectivity index (χ0n) is 21.3. The molecule has 2 aliphatic rings. The summed E-state index contributed by atoms with van der Waals surface area (Å²) in [5, 5.41) is 9.80. The third kappa shape index (κ3) is 4.90. The highest BCUT2D eigenvalue weighted by atomic mass is 35.5. The molecule has 5 rings (SSSR count). The van der Waals surface area contributed by atoms with E-state index in [4.69, 9.17) is 32.9 Å². The summed E-state index contributed by atoms with van der Waals surface area (Å²) in [6, 6.07) is 7.58. The Balaban J connectivity index is 1.32. The fourth-order valence-corrected chi connectivity index (χ4v) is 5.60. The number of amides is 2. The maximum Gasteiger partial charge on any atom is 0.410 e. The fourth-order valence-electron chi connectivity index (χ4n) is 5.41. The van der Waals surface area contributed by atoms with Gasteiger partial charge in [-0.1, -0.05) is 29.8 Å². The van der Waals surface area contributed by atoms with E-state index in [1.807, 2.05) is 45.0 Å². The zero-order chi connectivity index (χ0) is 26.5. The number of halogens is 1. The van der Waals surface area contributed by atoms with Gasteiger partial charge in [-0.3, -0.25) is 9.48 Å². The van der Waals surface area contributed by atoms with E-state index in [0.29, 0.717) is 35.9 Å². The van der Waals surface area contributed by atoms with E-state index in [1.165, 1.54) is 0 Å². The lowest BCUT2D eigenvalue weighted by atomic mass is 9.65. The van der Waals surface area contributed by atoms with Crippen molar-refractivity contribution in [2.75, 3.05) is 18.8 Å². The minimum atomic E-state index is -0.636. The van der Waals surface area contributed by atoms with E-state index in [1.54, 1.807) is 26.7 Å². The summed E-state index contributed by atoms with van der Waals surface area (Å²) >= 11 is 6.29. The number of primary amides is 1. The third-order valence-corrected chi connectivity index (χ3v) is 7.53. The van der Waals surface area contributed by atoms with Gasteiger partial charge in [0.25, 0.3) is 5.91 Å². The first-order chi connectivity index (χ1) is 17.4. The average molecular weight is 526 g/mol. The first-order valence-corrected chi connectivity index (χ1v) is 12.7. The van der Waals surface area contributed by atoms with Crippen LogP contribution in [0.5, 0.6) is 0 Å². The van der Waals surface area contributed by atoms with E-state index < -0.39 is 11.5 Å². The van der Waals surface area contributed by atoms with Gasteiger partial charge in [0.1, 0.15) is 22.7 Å². The van der Waals surface area contributed by atoms with Gasteiger partial charge in [0.05, 0.1) is 18.8 Å². The number of rotatable bonds is 5. The number of nitrogens with zero attached hydrogens (tertiary/aromatic N) is 5. The van der Waals surface area contributed by atoms with Crippen molar-refractivity contribution in [1.29, 1.82) is 0 Å². The van der Waals surface area contributed by atoms with E-state index in [9.17, 15) is 9.59 Å². The molecular formula is C26H32ClN7O3. The van der Waals surface area contributed by atoms with Crippen LogP contribution in [0.4, 0.5) is 10.6 Å². The van der Waals surface area contributed by atoms with Crippen LogP contribution < -0.4 is 11.5 Å². The van der Waals surface area contributed by atoms with Crippen molar-refractivity contribution in [3.8, 4) is 11.3 Å². The summed E-state index contributed by atoms with van der Waals surface area (Å²) in [7, 11) is 0. The molecule has 0 bridgehead atoms. The van der Waals surface area contributed by atoms with Crippen LogP contribution in [0.25, 0.3) is 11.3 Å². The number of nitrogen functional groups attached to an aromatic ring is 1. The molecular weight excluding hydrogens is 494 g/mol. The van der Waals surface area contributed by atoms with Gasteiger partial charge < -0.3 is 21.1 Å². The number of hydrogen-bond donors (Lipinski definition) is 2. The molecule has 0 atom stereocenters. The van der Waals surface area contributed by atoms with Gasteiger partial charge in [0.15, 0.2) is 0 Å². The molecule has 1 saturated carbocycles. The summed E-state index contributed by atoms with van der Waals surface area (Å²) in [4.78, 5) is 26.7. The van der Waals surface area contributed by atoms with Gasteiger partial charge in [0.2, 0.25) is 0 Å². The van der Waals surface area contributed by atoms with Crippen LogP contribution in [-0.2, 0) is 11.3 Å². The van der Waals surface area contributed by atoms with Crippen molar-refractivity contribution in [2.24, 2.45) is 11.1 Å². The topological polar surface area (TPSA) is 134 Å². The van der Waals surface area contributed by atoms with E-state index in [0.717, 1.165) is 24.8 Å². The number of likely N-dealkylation sites (tertiary alicyclic amines) is 1. The second-order valence-corrected chi connectivity index (χ2v) is 11.6. The molecule has 1 saturated heterocycles. The molecule has 2 amide bonds. The standard InChI is InChI=1S/C26H32ClN7O3/c1-25(2,3)37-24(36)32-9-8-26(15-32)10-18(11-26)34-22(28)20(23(29)35)21(31-34)17-12-30-33(14-17)13-16-6-4-5-7-19(16)27/h4-7,12,14,18H,8-11,13,15,28H2,1-3H3,(H2,29,35). The first kappa shape index (κ1) is 25.1. The van der Waals surface area contributed by atoms with Crippen LogP contribution in [0.3, 0.4) is 0 Å². The normalized spacial score (nSPS) is 21.3. The molecule has 4 N–H and O–H groups in total. The largest absolute Gasteiger partial charge is 0.444 e. The Labute approximate surface area is 220 Å². The fraction of sp³-hybridized carbons (Fsp3) is 0.462. The predicted octanol–water partition coefficient (Wildman–Crippen LogP) is 4.09. The Morgan fingerprint density at radius 3 is 2.65 bits per heavy atom. The highest BCUT2D eigenvalue weighted by Gasteiger charge is 2.51. The Kier molecular flexibility index (Phi) is 6.18. The molecule has 2 aromatic heterocycles. The molecule has 10 nitrogen and oxygen atoms in total. The molecule has 37 heavy (non-hydrogen) atoms. The molecule has 1 aromatic carbocycles. The van der Waals surface area contributed by atoms with Crippen molar-refractivity contribution in [2.45, 2.75) is 58.2 Å². The summed E-state index contributed by atoms with van der Waals surface area (Å²) in [5.41, 5.74) is 13.8. The Morgan fingerprint density at radius 2 is 1.97 bits per heavy atom. The second-order valence-electron chi connectivity index (χ2n) is 11.1. The number of benzene rings is 1. The van der Waals surface area contributed by atoms with Gasteiger partial charge in [-0.2, -0.15) is 10.2 Å². The van der Waals surface area contributed by atoms with Crippen molar-refractivity contribution in [3.05, 3.63) is 52.8 Å². The second kappa shape index (κ2) is 9.09. The molecule has 1 spiro atoms. The van der Waals surface area contributed by atoms with Gasteiger partial charge in [-0.15, -0.1) is 0 Å². The van der Waals surface area contributed by atoms with Crippen molar-refractivity contribution >= 4 is 29.4 Å². The van der Waals surface area contributed by atoms with Crippen molar-refractivity contribution < 1.29 is 14.3 Å².